The predicted molar refractivity (Wildman–Crippen MR) is 136 cm³/mol. The van der Waals surface area contributed by atoms with Crippen molar-refractivity contribution in [3.8, 4) is 0 Å². The number of aryl methyl sites for hydroxylation is 2. The lowest BCUT2D eigenvalue weighted by Crippen LogP contribution is -2.54. The number of piperidine rings is 1. The maximum absolute atomic E-state index is 13.5. The van der Waals surface area contributed by atoms with Gasteiger partial charge in [0.15, 0.2) is 8.32 Å². The topological polar surface area (TPSA) is 25.4 Å². The second-order valence-corrected chi connectivity index (χ2v) is 16.1. The number of halogens is 2. The fraction of sp³-hybridized carbons (Fsp3) is 0.577. The largest absolute Gasteiger partial charge is 0.413 e. The summed E-state index contributed by atoms with van der Waals surface area (Å²) in [6.07, 6.45) is 5.77. The van der Waals surface area contributed by atoms with Gasteiger partial charge in [-0.3, -0.25) is 4.98 Å². The summed E-state index contributed by atoms with van der Waals surface area (Å²) >= 11 is 5.96. The Kier molecular flexibility index (Phi) is 7.73. The first kappa shape index (κ1) is 25.2. The van der Waals surface area contributed by atoms with Gasteiger partial charge in [-0.15, -0.1) is 0 Å². The molecule has 1 saturated heterocycles. The molecule has 0 N–H and O–H groups in total. The molecule has 3 nitrogen and oxygen atoms in total. The molecule has 0 aliphatic carbocycles. The highest BCUT2D eigenvalue weighted by Gasteiger charge is 2.43. The lowest BCUT2D eigenvalue weighted by Gasteiger charge is -2.48. The highest BCUT2D eigenvalue weighted by atomic mass is 35.5. The molecular weight excluding hydrogens is 439 g/mol. The van der Waals surface area contributed by atoms with E-state index >= 15 is 0 Å². The van der Waals surface area contributed by atoms with E-state index in [9.17, 15) is 4.39 Å². The van der Waals surface area contributed by atoms with Crippen LogP contribution in [-0.4, -0.2) is 32.5 Å². The third-order valence-corrected chi connectivity index (χ3v) is 12.0. The monoisotopic (exact) mass is 476 g/mol. The highest BCUT2D eigenvalue weighted by molar-refractivity contribution is 6.74. The van der Waals surface area contributed by atoms with Crippen molar-refractivity contribution >= 4 is 25.6 Å². The summed E-state index contributed by atoms with van der Waals surface area (Å²) in [5.74, 6) is 0.526. The van der Waals surface area contributed by atoms with Gasteiger partial charge in [0.05, 0.1) is 11.1 Å². The van der Waals surface area contributed by atoms with Gasteiger partial charge >= 0.3 is 0 Å². The number of benzene rings is 1. The first-order chi connectivity index (χ1) is 14.9. The van der Waals surface area contributed by atoms with Crippen molar-refractivity contribution in [2.75, 3.05) is 18.0 Å². The van der Waals surface area contributed by atoms with Crippen LogP contribution in [0.5, 0.6) is 0 Å². The zero-order chi connectivity index (χ0) is 23.7. The molecule has 0 radical (unpaired) electrons. The molecule has 0 bridgehead atoms. The molecule has 0 saturated carbocycles. The molecule has 176 valence electrons. The van der Waals surface area contributed by atoms with E-state index in [4.69, 9.17) is 16.0 Å². The summed E-state index contributed by atoms with van der Waals surface area (Å²) in [4.78, 5) is 6.88. The van der Waals surface area contributed by atoms with Gasteiger partial charge in [0, 0.05) is 31.2 Å². The van der Waals surface area contributed by atoms with E-state index in [1.54, 1.807) is 6.07 Å². The van der Waals surface area contributed by atoms with E-state index in [2.05, 4.69) is 63.7 Å². The first-order valence-electron chi connectivity index (χ1n) is 11.7. The van der Waals surface area contributed by atoms with E-state index in [0.29, 0.717) is 17.9 Å². The van der Waals surface area contributed by atoms with Crippen LogP contribution in [0.15, 0.2) is 36.7 Å². The van der Waals surface area contributed by atoms with Gasteiger partial charge in [-0.2, -0.15) is 0 Å². The fourth-order valence-corrected chi connectivity index (χ4v) is 6.08. The van der Waals surface area contributed by atoms with Crippen LogP contribution in [-0.2, 0) is 17.3 Å². The molecule has 1 unspecified atom stereocenters. The van der Waals surface area contributed by atoms with Crippen LogP contribution in [0.4, 0.5) is 10.1 Å². The quantitative estimate of drug-likeness (QED) is 0.414. The molecular formula is C26H38ClFN2OSi. The standard InChI is InChI=1S/C26H38ClFN2OSi/c1-18-16-30(17-19(2)25(18)31-32(6,7)26(3,4)5)24-12-13-29-15-21(24)10-8-20-9-11-23(28)22(27)14-20/h9,11-15,18-19,25H,8,10,16-17H2,1-7H3/t18-,19+,25?. The average Bonchev–Trinajstić information content (AvgIpc) is 2.71. The van der Waals surface area contributed by atoms with Crippen LogP contribution >= 0.6 is 11.6 Å². The molecule has 1 aliphatic rings. The number of hydrogen-bond acceptors (Lipinski definition) is 3. The molecule has 3 atom stereocenters. The SMILES string of the molecule is C[C@@H]1CN(c2ccncc2CCc2ccc(F)c(Cl)c2)C[C@H](C)C1O[Si](C)(C)C(C)(C)C. The van der Waals surface area contributed by atoms with Gasteiger partial charge in [-0.05, 0) is 72.1 Å². The van der Waals surface area contributed by atoms with Gasteiger partial charge in [0.1, 0.15) is 5.82 Å². The maximum atomic E-state index is 13.5. The van der Waals surface area contributed by atoms with Crippen molar-refractivity contribution < 1.29 is 8.82 Å². The Morgan fingerprint density at radius 1 is 1.12 bits per heavy atom. The summed E-state index contributed by atoms with van der Waals surface area (Å²) in [6, 6.07) is 7.10. The molecule has 0 spiro atoms. The Bertz CT molecular complexity index is 918. The van der Waals surface area contributed by atoms with E-state index in [-0.39, 0.29) is 15.9 Å². The van der Waals surface area contributed by atoms with E-state index in [1.165, 1.54) is 17.3 Å². The van der Waals surface area contributed by atoms with Gasteiger partial charge in [-0.1, -0.05) is 52.3 Å². The number of pyridine rings is 1. The molecule has 2 aromatic rings. The van der Waals surface area contributed by atoms with Crippen LogP contribution in [0.1, 0.15) is 45.7 Å². The number of aromatic nitrogens is 1. The van der Waals surface area contributed by atoms with Crippen LogP contribution in [0.25, 0.3) is 0 Å². The predicted octanol–water partition coefficient (Wildman–Crippen LogP) is 7.14. The maximum Gasteiger partial charge on any atom is 0.192 e. The summed E-state index contributed by atoms with van der Waals surface area (Å²) in [5, 5.41) is 0.394. The third-order valence-electron chi connectivity index (χ3n) is 7.26. The lowest BCUT2D eigenvalue weighted by atomic mass is 9.87. The average molecular weight is 477 g/mol. The third kappa shape index (κ3) is 5.73. The zero-order valence-electron chi connectivity index (χ0n) is 20.6. The lowest BCUT2D eigenvalue weighted by molar-refractivity contribution is 0.0627. The van der Waals surface area contributed by atoms with Crippen molar-refractivity contribution in [1.29, 1.82) is 0 Å². The summed E-state index contributed by atoms with van der Waals surface area (Å²) in [5.41, 5.74) is 3.50. The molecule has 0 amide bonds. The van der Waals surface area contributed by atoms with Gasteiger partial charge < -0.3 is 9.33 Å². The smallest absolute Gasteiger partial charge is 0.192 e. The second kappa shape index (κ2) is 9.82. The Balaban J connectivity index is 1.72. The summed E-state index contributed by atoms with van der Waals surface area (Å²) in [6.45, 7) is 18.2. The Morgan fingerprint density at radius 2 is 1.78 bits per heavy atom. The number of nitrogens with zero attached hydrogens (tertiary/aromatic N) is 2. The fourth-order valence-electron chi connectivity index (χ4n) is 4.38. The van der Waals surface area contributed by atoms with Crippen molar-refractivity contribution in [3.63, 3.8) is 0 Å². The van der Waals surface area contributed by atoms with Crippen molar-refractivity contribution in [3.05, 3.63) is 58.6 Å². The minimum atomic E-state index is -1.81. The number of hydrogen-bond donors (Lipinski definition) is 0. The van der Waals surface area contributed by atoms with Gasteiger partial charge in [0.25, 0.3) is 0 Å². The molecule has 1 fully saturated rings. The van der Waals surface area contributed by atoms with Crippen LogP contribution in [0.3, 0.4) is 0 Å². The zero-order valence-corrected chi connectivity index (χ0v) is 22.3. The number of anilines is 1. The van der Waals surface area contributed by atoms with Crippen LogP contribution in [0, 0.1) is 17.7 Å². The number of rotatable bonds is 6. The molecule has 2 heterocycles. The Hall–Kier alpha value is -1.43. The van der Waals surface area contributed by atoms with Crippen LogP contribution in [0.2, 0.25) is 23.2 Å². The Labute approximate surface area is 199 Å². The molecule has 6 heteroatoms. The molecule has 1 aromatic heterocycles. The van der Waals surface area contributed by atoms with Crippen molar-refractivity contribution in [2.24, 2.45) is 11.8 Å². The second-order valence-electron chi connectivity index (χ2n) is 11.0. The molecule has 32 heavy (non-hydrogen) atoms. The van der Waals surface area contributed by atoms with Crippen LogP contribution < -0.4 is 4.90 Å². The van der Waals surface area contributed by atoms with Crippen molar-refractivity contribution in [1.82, 2.24) is 4.98 Å². The van der Waals surface area contributed by atoms with Gasteiger partial charge in [0.2, 0.25) is 0 Å². The highest BCUT2D eigenvalue weighted by Crippen LogP contribution is 2.40. The molecule has 1 aromatic carbocycles. The van der Waals surface area contributed by atoms with E-state index in [1.807, 2.05) is 18.5 Å². The molecule has 1 aliphatic heterocycles. The van der Waals surface area contributed by atoms with Gasteiger partial charge in [-0.25, -0.2) is 4.39 Å². The van der Waals surface area contributed by atoms with E-state index in [0.717, 1.165) is 31.5 Å². The molecule has 3 rings (SSSR count). The van der Waals surface area contributed by atoms with Crippen molar-refractivity contribution in [2.45, 2.75) is 71.7 Å². The minimum absolute atomic E-state index is 0.181. The Morgan fingerprint density at radius 3 is 2.38 bits per heavy atom. The minimum Gasteiger partial charge on any atom is -0.413 e. The normalized spacial score (nSPS) is 22.3. The first-order valence-corrected chi connectivity index (χ1v) is 15.0. The van der Waals surface area contributed by atoms with E-state index < -0.39 is 8.32 Å². The summed E-state index contributed by atoms with van der Waals surface area (Å²) in [7, 11) is -1.81. The summed E-state index contributed by atoms with van der Waals surface area (Å²) < 4.78 is 20.4.